The van der Waals surface area contributed by atoms with Crippen LogP contribution in [-0.4, -0.2) is 19.9 Å². The van der Waals surface area contributed by atoms with Crippen LogP contribution in [0.15, 0.2) is 59.5 Å². The minimum atomic E-state index is -0.545. The van der Waals surface area contributed by atoms with Crippen molar-refractivity contribution in [3.05, 3.63) is 82.5 Å². The molecule has 146 valence electrons. The standard InChI is InChI=1S/C21H15BrF2N4O/c1-12-8-16(23)17(25-9-12)11-29-15-5-2-13(3-6-15)19-20(22)28-21(27-19)14-4-7-18(24)26-10-14/h2-10H,11H2,1H3,(H,27,28). The largest absolute Gasteiger partial charge is 0.487 e. The molecular weight excluding hydrogens is 442 g/mol. The van der Waals surface area contributed by atoms with Gasteiger partial charge >= 0.3 is 0 Å². The lowest BCUT2D eigenvalue weighted by Crippen LogP contribution is -2.02. The molecule has 1 aromatic carbocycles. The van der Waals surface area contributed by atoms with Gasteiger partial charge in [-0.3, -0.25) is 4.98 Å². The van der Waals surface area contributed by atoms with E-state index in [1.54, 1.807) is 31.3 Å². The minimum absolute atomic E-state index is 0.0409. The van der Waals surface area contributed by atoms with Gasteiger partial charge in [0, 0.05) is 23.5 Å². The molecule has 1 N–H and O–H groups in total. The summed E-state index contributed by atoms with van der Waals surface area (Å²) in [5.41, 5.74) is 3.23. The number of ether oxygens (including phenoxy) is 1. The van der Waals surface area contributed by atoms with E-state index in [-0.39, 0.29) is 18.1 Å². The second-order valence-corrected chi connectivity index (χ2v) is 7.16. The van der Waals surface area contributed by atoms with Crippen LogP contribution in [0.2, 0.25) is 0 Å². The Kier molecular flexibility index (Phi) is 5.35. The molecule has 0 bridgehead atoms. The third-order valence-electron chi connectivity index (χ3n) is 4.22. The van der Waals surface area contributed by atoms with Crippen LogP contribution < -0.4 is 4.74 Å². The van der Waals surface area contributed by atoms with Gasteiger partial charge in [0.05, 0.1) is 0 Å². The summed E-state index contributed by atoms with van der Waals surface area (Å²) in [4.78, 5) is 15.4. The number of hydrogen-bond donors (Lipinski definition) is 1. The zero-order valence-electron chi connectivity index (χ0n) is 15.3. The average Bonchev–Trinajstić information content (AvgIpc) is 3.10. The van der Waals surface area contributed by atoms with Crippen LogP contribution in [0.4, 0.5) is 8.78 Å². The molecule has 0 saturated heterocycles. The Labute approximate surface area is 174 Å². The zero-order chi connectivity index (χ0) is 20.4. The molecule has 0 fully saturated rings. The van der Waals surface area contributed by atoms with Gasteiger partial charge in [0.2, 0.25) is 5.95 Å². The number of rotatable bonds is 5. The summed E-state index contributed by atoms with van der Waals surface area (Å²) in [5.74, 6) is 0.228. The Balaban J connectivity index is 1.50. The van der Waals surface area contributed by atoms with Crippen molar-refractivity contribution >= 4 is 15.9 Å². The maximum atomic E-state index is 13.9. The lowest BCUT2D eigenvalue weighted by molar-refractivity contribution is 0.294. The predicted octanol–water partition coefficient (Wildman–Crippen LogP) is 5.46. The van der Waals surface area contributed by atoms with Crippen LogP contribution in [0.1, 0.15) is 11.3 Å². The molecule has 0 radical (unpaired) electrons. The monoisotopic (exact) mass is 456 g/mol. The van der Waals surface area contributed by atoms with Crippen LogP contribution >= 0.6 is 15.9 Å². The fraction of sp³-hybridized carbons (Fsp3) is 0.0952. The van der Waals surface area contributed by atoms with Crippen LogP contribution in [0.3, 0.4) is 0 Å². The summed E-state index contributed by atoms with van der Waals surface area (Å²) in [6.45, 7) is 1.82. The molecule has 8 heteroatoms. The first-order chi connectivity index (χ1) is 14.0. The van der Waals surface area contributed by atoms with Crippen molar-refractivity contribution in [2.45, 2.75) is 13.5 Å². The average molecular weight is 457 g/mol. The van der Waals surface area contributed by atoms with E-state index in [1.165, 1.54) is 18.3 Å². The van der Waals surface area contributed by atoms with E-state index in [4.69, 9.17) is 4.74 Å². The summed E-state index contributed by atoms with van der Waals surface area (Å²) in [6, 6.07) is 11.6. The van der Waals surface area contributed by atoms with Crippen molar-refractivity contribution in [1.82, 2.24) is 19.9 Å². The molecule has 3 aromatic heterocycles. The number of nitrogens with one attached hydrogen (secondary N) is 1. The number of halogens is 3. The number of aryl methyl sites for hydroxylation is 1. The highest BCUT2D eigenvalue weighted by molar-refractivity contribution is 9.10. The molecule has 5 nitrogen and oxygen atoms in total. The fourth-order valence-corrected chi connectivity index (χ4v) is 3.23. The number of aromatic amines is 1. The van der Waals surface area contributed by atoms with Gasteiger partial charge in [0.15, 0.2) is 0 Å². The number of pyridine rings is 2. The first-order valence-corrected chi connectivity index (χ1v) is 9.50. The highest BCUT2D eigenvalue weighted by atomic mass is 79.9. The lowest BCUT2D eigenvalue weighted by Gasteiger charge is -2.07. The molecule has 4 rings (SSSR count). The smallest absolute Gasteiger partial charge is 0.212 e. The van der Waals surface area contributed by atoms with Gasteiger partial charge in [0.25, 0.3) is 0 Å². The number of imidazole rings is 1. The van der Waals surface area contributed by atoms with Crippen molar-refractivity contribution in [3.8, 4) is 28.4 Å². The second-order valence-electron chi connectivity index (χ2n) is 6.37. The Morgan fingerprint density at radius 3 is 2.45 bits per heavy atom. The van der Waals surface area contributed by atoms with Crippen molar-refractivity contribution < 1.29 is 13.5 Å². The van der Waals surface area contributed by atoms with Crippen LogP contribution in [-0.2, 0) is 6.61 Å². The molecule has 4 aromatic rings. The number of nitrogens with zero attached hydrogens (tertiary/aromatic N) is 3. The van der Waals surface area contributed by atoms with Gasteiger partial charge in [-0.1, -0.05) is 0 Å². The molecule has 0 aliphatic rings. The Bertz CT molecular complexity index is 1140. The van der Waals surface area contributed by atoms with Gasteiger partial charge in [0.1, 0.15) is 40.0 Å². The van der Waals surface area contributed by atoms with Crippen LogP contribution in [0.5, 0.6) is 5.75 Å². The molecule has 0 spiro atoms. The van der Waals surface area contributed by atoms with Gasteiger partial charge < -0.3 is 9.72 Å². The zero-order valence-corrected chi connectivity index (χ0v) is 16.9. The first kappa shape index (κ1) is 19.2. The molecule has 3 heterocycles. The van der Waals surface area contributed by atoms with Gasteiger partial charge in [-0.25, -0.2) is 14.4 Å². The molecule has 0 unspecified atom stereocenters. The number of aromatic nitrogens is 4. The summed E-state index contributed by atoms with van der Waals surface area (Å²) in [7, 11) is 0. The van der Waals surface area contributed by atoms with E-state index in [0.717, 1.165) is 11.1 Å². The molecular formula is C21H15BrF2N4O. The molecule has 0 saturated carbocycles. The third kappa shape index (κ3) is 4.32. The van der Waals surface area contributed by atoms with E-state index in [0.29, 0.717) is 27.4 Å². The number of benzene rings is 1. The SMILES string of the molecule is Cc1cnc(COc2ccc(-c3nc(-c4ccc(F)nc4)[nH]c3Br)cc2)c(F)c1. The second kappa shape index (κ2) is 8.08. The molecule has 0 amide bonds. The third-order valence-corrected chi connectivity index (χ3v) is 4.79. The van der Waals surface area contributed by atoms with Crippen molar-refractivity contribution in [2.24, 2.45) is 0 Å². The maximum Gasteiger partial charge on any atom is 0.212 e. The summed E-state index contributed by atoms with van der Waals surface area (Å²) in [6.07, 6.45) is 3.02. The highest BCUT2D eigenvalue weighted by Gasteiger charge is 2.13. The lowest BCUT2D eigenvalue weighted by atomic mass is 10.1. The van der Waals surface area contributed by atoms with Crippen molar-refractivity contribution in [2.75, 3.05) is 0 Å². The van der Waals surface area contributed by atoms with E-state index in [1.807, 2.05) is 12.1 Å². The number of H-pyrrole nitrogens is 1. The summed E-state index contributed by atoms with van der Waals surface area (Å²) in [5, 5.41) is 0. The molecule has 0 aliphatic carbocycles. The normalized spacial score (nSPS) is 10.9. The summed E-state index contributed by atoms with van der Waals surface area (Å²) >= 11 is 3.47. The minimum Gasteiger partial charge on any atom is -0.487 e. The Morgan fingerprint density at radius 1 is 1.00 bits per heavy atom. The Morgan fingerprint density at radius 2 is 1.76 bits per heavy atom. The highest BCUT2D eigenvalue weighted by Crippen LogP contribution is 2.30. The van der Waals surface area contributed by atoms with Gasteiger partial charge in [-0.05, 0) is 70.9 Å². The Hall–Kier alpha value is -3.13. The van der Waals surface area contributed by atoms with Crippen molar-refractivity contribution in [1.29, 1.82) is 0 Å². The molecule has 0 aliphatic heterocycles. The molecule has 0 atom stereocenters. The van der Waals surface area contributed by atoms with E-state index in [2.05, 4.69) is 35.9 Å². The first-order valence-electron chi connectivity index (χ1n) is 8.71. The predicted molar refractivity (Wildman–Crippen MR) is 108 cm³/mol. The van der Waals surface area contributed by atoms with E-state index >= 15 is 0 Å². The fourth-order valence-electron chi connectivity index (χ4n) is 2.72. The maximum absolute atomic E-state index is 13.9. The van der Waals surface area contributed by atoms with Gasteiger partial charge in [-0.15, -0.1) is 0 Å². The number of hydrogen-bond acceptors (Lipinski definition) is 4. The van der Waals surface area contributed by atoms with Crippen LogP contribution in [0, 0.1) is 18.7 Å². The topological polar surface area (TPSA) is 63.7 Å². The quantitative estimate of drug-likeness (QED) is 0.404. The van der Waals surface area contributed by atoms with Crippen molar-refractivity contribution in [3.63, 3.8) is 0 Å². The van der Waals surface area contributed by atoms with Crippen LogP contribution in [0.25, 0.3) is 22.6 Å². The van der Waals surface area contributed by atoms with E-state index < -0.39 is 5.95 Å². The van der Waals surface area contributed by atoms with Gasteiger partial charge in [-0.2, -0.15) is 4.39 Å². The van der Waals surface area contributed by atoms with E-state index in [9.17, 15) is 8.78 Å². The summed E-state index contributed by atoms with van der Waals surface area (Å²) < 4.78 is 33.2. The molecule has 29 heavy (non-hydrogen) atoms.